The molecule has 0 unspecified atom stereocenters. The highest BCUT2D eigenvalue weighted by molar-refractivity contribution is 5.55. The molecule has 0 aliphatic carbocycles. The lowest BCUT2D eigenvalue weighted by Crippen LogP contribution is -2.36. The molecule has 0 saturated carbocycles. The van der Waals surface area contributed by atoms with Gasteiger partial charge in [-0.3, -0.25) is 5.32 Å². The third-order valence-corrected chi connectivity index (χ3v) is 2.81. The molecule has 1 aliphatic heterocycles. The van der Waals surface area contributed by atoms with Gasteiger partial charge in [-0.2, -0.15) is 0 Å². The van der Waals surface area contributed by atoms with E-state index in [1.165, 1.54) is 0 Å². The van der Waals surface area contributed by atoms with Gasteiger partial charge in [0.25, 0.3) is 0 Å². The molecule has 0 fully saturated rings. The van der Waals surface area contributed by atoms with Crippen LogP contribution in [0.25, 0.3) is 0 Å². The van der Waals surface area contributed by atoms with Gasteiger partial charge in [0.15, 0.2) is 11.5 Å². The summed E-state index contributed by atoms with van der Waals surface area (Å²) in [4.78, 5) is 0. The van der Waals surface area contributed by atoms with E-state index in [4.69, 9.17) is 20.6 Å². The van der Waals surface area contributed by atoms with Crippen LogP contribution in [-0.4, -0.2) is 19.4 Å². The first-order valence-corrected chi connectivity index (χ1v) is 5.75. The SMILES string of the molecule is C#CC(C)(C)NCc1cc(OC)c2c(c1)OCO2. The van der Waals surface area contributed by atoms with E-state index in [9.17, 15) is 0 Å². The lowest BCUT2D eigenvalue weighted by atomic mass is 10.1. The summed E-state index contributed by atoms with van der Waals surface area (Å²) in [5.74, 6) is 4.75. The van der Waals surface area contributed by atoms with Gasteiger partial charge in [-0.25, -0.2) is 0 Å². The highest BCUT2D eigenvalue weighted by Crippen LogP contribution is 2.41. The molecule has 1 heterocycles. The summed E-state index contributed by atoms with van der Waals surface area (Å²) in [7, 11) is 1.61. The van der Waals surface area contributed by atoms with E-state index >= 15 is 0 Å². The predicted molar refractivity (Wildman–Crippen MR) is 68.9 cm³/mol. The number of methoxy groups -OCH3 is 1. The smallest absolute Gasteiger partial charge is 0.231 e. The molecule has 4 nitrogen and oxygen atoms in total. The van der Waals surface area contributed by atoms with Gasteiger partial charge in [0.2, 0.25) is 12.5 Å². The normalized spacial score (nSPS) is 13.2. The second-order valence-corrected chi connectivity index (χ2v) is 4.65. The molecule has 0 saturated heterocycles. The van der Waals surface area contributed by atoms with Crippen molar-refractivity contribution in [2.45, 2.75) is 25.9 Å². The van der Waals surface area contributed by atoms with Crippen LogP contribution in [0.2, 0.25) is 0 Å². The maximum absolute atomic E-state index is 5.43. The Morgan fingerprint density at radius 3 is 2.89 bits per heavy atom. The molecule has 0 spiro atoms. The molecule has 0 radical (unpaired) electrons. The molecule has 1 N–H and O–H groups in total. The lowest BCUT2D eigenvalue weighted by molar-refractivity contribution is 0.171. The van der Waals surface area contributed by atoms with Gasteiger partial charge in [-0.1, -0.05) is 5.92 Å². The predicted octanol–water partition coefficient (Wildman–Crippen LogP) is 1.93. The molecule has 1 aliphatic rings. The summed E-state index contributed by atoms with van der Waals surface area (Å²) < 4.78 is 16.0. The van der Waals surface area contributed by atoms with E-state index in [0.29, 0.717) is 23.8 Å². The minimum atomic E-state index is -0.344. The number of nitrogens with one attached hydrogen (secondary N) is 1. The van der Waals surface area contributed by atoms with Gasteiger partial charge >= 0.3 is 0 Å². The molecule has 0 aromatic heterocycles. The van der Waals surface area contributed by atoms with Crippen molar-refractivity contribution in [2.75, 3.05) is 13.9 Å². The van der Waals surface area contributed by atoms with Crippen LogP contribution in [0, 0.1) is 12.3 Å². The van der Waals surface area contributed by atoms with Crippen molar-refractivity contribution < 1.29 is 14.2 Å². The van der Waals surface area contributed by atoms with Crippen LogP contribution in [0.4, 0.5) is 0 Å². The Balaban J connectivity index is 2.18. The van der Waals surface area contributed by atoms with Crippen LogP contribution in [-0.2, 0) is 6.54 Å². The van der Waals surface area contributed by atoms with Crippen molar-refractivity contribution in [1.29, 1.82) is 0 Å². The zero-order valence-corrected chi connectivity index (χ0v) is 10.9. The molecule has 1 aromatic carbocycles. The maximum Gasteiger partial charge on any atom is 0.231 e. The lowest BCUT2D eigenvalue weighted by Gasteiger charge is -2.20. The van der Waals surface area contributed by atoms with Crippen LogP contribution in [0.1, 0.15) is 19.4 Å². The van der Waals surface area contributed by atoms with Crippen LogP contribution in [0.15, 0.2) is 12.1 Å². The van der Waals surface area contributed by atoms with Crippen LogP contribution in [0.3, 0.4) is 0 Å². The number of rotatable bonds is 4. The zero-order valence-electron chi connectivity index (χ0n) is 10.9. The van der Waals surface area contributed by atoms with Crippen molar-refractivity contribution in [1.82, 2.24) is 5.32 Å². The highest BCUT2D eigenvalue weighted by Gasteiger charge is 2.20. The molecule has 96 valence electrons. The largest absolute Gasteiger partial charge is 0.493 e. The van der Waals surface area contributed by atoms with Crippen molar-refractivity contribution in [3.05, 3.63) is 17.7 Å². The van der Waals surface area contributed by atoms with Gasteiger partial charge in [-0.15, -0.1) is 6.42 Å². The van der Waals surface area contributed by atoms with Gasteiger partial charge < -0.3 is 14.2 Å². The number of ether oxygens (including phenoxy) is 3. The van der Waals surface area contributed by atoms with E-state index in [1.807, 2.05) is 26.0 Å². The second kappa shape index (κ2) is 4.79. The number of fused-ring (bicyclic) bond motifs is 1. The summed E-state index contributed by atoms with van der Waals surface area (Å²) in [6.07, 6.45) is 5.43. The van der Waals surface area contributed by atoms with Crippen LogP contribution in [0.5, 0.6) is 17.2 Å². The minimum Gasteiger partial charge on any atom is -0.493 e. The Hall–Kier alpha value is -1.86. The van der Waals surface area contributed by atoms with Gasteiger partial charge in [0.05, 0.1) is 12.6 Å². The number of terminal acetylenes is 1. The number of hydrogen-bond acceptors (Lipinski definition) is 4. The highest BCUT2D eigenvalue weighted by atomic mass is 16.7. The summed E-state index contributed by atoms with van der Waals surface area (Å²) >= 11 is 0. The van der Waals surface area contributed by atoms with E-state index < -0.39 is 0 Å². The third kappa shape index (κ3) is 2.52. The summed E-state index contributed by atoms with van der Waals surface area (Å²) in [5, 5.41) is 3.28. The summed E-state index contributed by atoms with van der Waals surface area (Å²) in [6, 6.07) is 3.86. The van der Waals surface area contributed by atoms with E-state index in [2.05, 4.69) is 11.2 Å². The van der Waals surface area contributed by atoms with Crippen LogP contribution >= 0.6 is 0 Å². The number of hydrogen-bond donors (Lipinski definition) is 1. The van der Waals surface area contributed by atoms with Gasteiger partial charge in [-0.05, 0) is 31.5 Å². The first kappa shape index (κ1) is 12.6. The Morgan fingerprint density at radius 2 is 2.22 bits per heavy atom. The molecule has 18 heavy (non-hydrogen) atoms. The molecular formula is C14H17NO3. The number of benzene rings is 1. The van der Waals surface area contributed by atoms with Crippen molar-refractivity contribution in [2.24, 2.45) is 0 Å². The zero-order chi connectivity index (χ0) is 13.2. The fourth-order valence-electron chi connectivity index (χ4n) is 1.66. The fourth-order valence-corrected chi connectivity index (χ4v) is 1.66. The van der Waals surface area contributed by atoms with Gasteiger partial charge in [0, 0.05) is 6.54 Å². The van der Waals surface area contributed by atoms with Crippen molar-refractivity contribution in [3.63, 3.8) is 0 Å². The average molecular weight is 247 g/mol. The third-order valence-electron chi connectivity index (χ3n) is 2.81. The van der Waals surface area contributed by atoms with Gasteiger partial charge in [0.1, 0.15) is 0 Å². The van der Waals surface area contributed by atoms with Crippen molar-refractivity contribution >= 4 is 0 Å². The molecule has 0 bridgehead atoms. The Morgan fingerprint density at radius 1 is 1.44 bits per heavy atom. The monoisotopic (exact) mass is 247 g/mol. The van der Waals surface area contributed by atoms with Crippen molar-refractivity contribution in [3.8, 4) is 29.6 Å². The molecule has 0 amide bonds. The fraction of sp³-hybridized carbons (Fsp3) is 0.429. The Kier molecular flexibility index (Phi) is 3.35. The quantitative estimate of drug-likeness (QED) is 0.825. The van der Waals surface area contributed by atoms with E-state index in [1.54, 1.807) is 7.11 Å². The molecule has 2 rings (SSSR count). The first-order chi connectivity index (χ1) is 8.55. The topological polar surface area (TPSA) is 39.7 Å². The maximum atomic E-state index is 5.43. The summed E-state index contributed by atoms with van der Waals surface area (Å²) in [6.45, 7) is 4.79. The van der Waals surface area contributed by atoms with Crippen LogP contribution < -0.4 is 19.5 Å². The Labute approximate surface area is 107 Å². The van der Waals surface area contributed by atoms with E-state index in [0.717, 1.165) is 5.56 Å². The minimum absolute atomic E-state index is 0.235. The summed E-state index contributed by atoms with van der Waals surface area (Å²) in [5.41, 5.74) is 0.697. The Bertz CT molecular complexity index is 489. The van der Waals surface area contributed by atoms with E-state index in [-0.39, 0.29) is 12.3 Å². The molecule has 1 aromatic rings. The molecule has 4 heteroatoms. The first-order valence-electron chi connectivity index (χ1n) is 5.75. The molecule has 0 atom stereocenters. The average Bonchev–Trinajstić information content (AvgIpc) is 2.83. The molecular weight excluding hydrogens is 230 g/mol. The second-order valence-electron chi connectivity index (χ2n) is 4.65. The standard InChI is InChI=1S/C14H17NO3/c1-5-14(2,3)15-8-10-6-11(16-4)13-12(7-10)17-9-18-13/h1,6-7,15H,8-9H2,2-4H3.